The van der Waals surface area contributed by atoms with E-state index in [-0.39, 0.29) is 5.82 Å². The van der Waals surface area contributed by atoms with Gasteiger partial charge in [0.25, 0.3) is 0 Å². The van der Waals surface area contributed by atoms with Crippen LogP contribution in [0.25, 0.3) is 10.9 Å². The zero-order valence-corrected chi connectivity index (χ0v) is 10.6. The predicted molar refractivity (Wildman–Crippen MR) is 67.8 cm³/mol. The number of halogens is 2. The summed E-state index contributed by atoms with van der Waals surface area (Å²) in [7, 11) is 0. The number of nitrogens with zero attached hydrogens (tertiary/aromatic N) is 1. The summed E-state index contributed by atoms with van der Waals surface area (Å²) in [5.74, 6) is -0.315. The number of hydrogen-bond donors (Lipinski definition) is 1. The Kier molecular flexibility index (Phi) is 3.40. The van der Waals surface area contributed by atoms with Crippen LogP contribution in [-0.4, -0.2) is 9.67 Å². The summed E-state index contributed by atoms with van der Waals surface area (Å²) in [6.45, 7) is 4.45. The van der Waals surface area contributed by atoms with E-state index in [0.29, 0.717) is 16.1 Å². The quantitative estimate of drug-likeness (QED) is 0.884. The molecule has 2 rings (SSSR count). The van der Waals surface area contributed by atoms with Crippen molar-refractivity contribution >= 4 is 22.5 Å². The van der Waals surface area contributed by atoms with Gasteiger partial charge in [-0.05, 0) is 31.5 Å². The van der Waals surface area contributed by atoms with Gasteiger partial charge >= 0.3 is 0 Å². The summed E-state index contributed by atoms with van der Waals surface area (Å²) in [5, 5.41) is 11.0. The molecule has 1 aromatic heterocycles. The molecular formula is C13H15ClFNO. The molecule has 0 bridgehead atoms. The lowest BCUT2D eigenvalue weighted by Crippen LogP contribution is -1.97. The van der Waals surface area contributed by atoms with E-state index in [1.54, 1.807) is 13.0 Å². The van der Waals surface area contributed by atoms with E-state index in [0.717, 1.165) is 18.5 Å². The normalized spacial score (nSPS) is 13.2. The first kappa shape index (κ1) is 12.4. The first-order valence-corrected chi connectivity index (χ1v) is 6.09. The molecule has 2 aromatic rings. The zero-order chi connectivity index (χ0) is 12.6. The molecule has 0 spiro atoms. The molecule has 2 nitrogen and oxygen atoms in total. The van der Waals surface area contributed by atoms with Gasteiger partial charge in [-0.15, -0.1) is 0 Å². The first-order chi connectivity index (χ1) is 8.06. The second-order valence-corrected chi connectivity index (χ2v) is 4.55. The Morgan fingerprint density at radius 3 is 2.76 bits per heavy atom. The predicted octanol–water partition coefficient (Wildman–Crippen LogP) is 3.90. The second kappa shape index (κ2) is 4.67. The number of hydrogen-bond acceptors (Lipinski definition) is 1. The van der Waals surface area contributed by atoms with Crippen LogP contribution in [-0.2, 0) is 6.54 Å². The molecular weight excluding hydrogens is 241 g/mol. The summed E-state index contributed by atoms with van der Waals surface area (Å²) in [5.41, 5.74) is 1.48. The molecule has 1 N–H and O–H groups in total. The molecule has 0 saturated carbocycles. The summed E-state index contributed by atoms with van der Waals surface area (Å²) < 4.78 is 15.2. The van der Waals surface area contributed by atoms with Crippen LogP contribution in [0.15, 0.2) is 18.2 Å². The topological polar surface area (TPSA) is 25.2 Å². The van der Waals surface area contributed by atoms with Crippen LogP contribution in [0, 0.1) is 5.82 Å². The van der Waals surface area contributed by atoms with Crippen LogP contribution in [0.3, 0.4) is 0 Å². The largest absolute Gasteiger partial charge is 0.389 e. The van der Waals surface area contributed by atoms with Crippen molar-refractivity contribution < 1.29 is 9.50 Å². The fourth-order valence-corrected chi connectivity index (χ4v) is 2.60. The SMILES string of the molecule is CCCn1c(Cl)c(C(C)O)c2cc(F)ccc21. The number of rotatable bonds is 3. The minimum atomic E-state index is -0.704. The van der Waals surface area contributed by atoms with Crippen molar-refractivity contribution in [1.82, 2.24) is 4.57 Å². The summed E-state index contributed by atoms with van der Waals surface area (Å²) >= 11 is 6.26. The van der Waals surface area contributed by atoms with E-state index in [2.05, 4.69) is 0 Å². The highest BCUT2D eigenvalue weighted by molar-refractivity contribution is 6.32. The molecule has 0 aliphatic heterocycles. The highest BCUT2D eigenvalue weighted by Crippen LogP contribution is 2.35. The Morgan fingerprint density at radius 2 is 2.18 bits per heavy atom. The van der Waals surface area contributed by atoms with Gasteiger partial charge in [-0.25, -0.2) is 4.39 Å². The number of aliphatic hydroxyl groups is 1. The van der Waals surface area contributed by atoms with Gasteiger partial charge in [0.05, 0.1) is 6.10 Å². The number of aliphatic hydroxyl groups excluding tert-OH is 1. The highest BCUT2D eigenvalue weighted by atomic mass is 35.5. The third kappa shape index (κ3) is 2.05. The molecule has 0 aliphatic rings. The summed E-state index contributed by atoms with van der Waals surface area (Å²) in [6, 6.07) is 4.55. The van der Waals surface area contributed by atoms with Gasteiger partial charge in [-0.3, -0.25) is 0 Å². The van der Waals surface area contributed by atoms with Gasteiger partial charge in [0, 0.05) is 23.0 Å². The molecule has 1 unspecified atom stereocenters. The Bertz CT molecular complexity index is 548. The lowest BCUT2D eigenvalue weighted by Gasteiger charge is -2.05. The van der Waals surface area contributed by atoms with Crippen LogP contribution in [0.5, 0.6) is 0 Å². The Hall–Kier alpha value is -1.06. The van der Waals surface area contributed by atoms with Crippen molar-refractivity contribution in [2.24, 2.45) is 0 Å². The van der Waals surface area contributed by atoms with Crippen LogP contribution >= 0.6 is 11.6 Å². The van der Waals surface area contributed by atoms with Crippen LogP contribution in [0.1, 0.15) is 31.9 Å². The molecule has 0 amide bonds. The molecule has 0 saturated heterocycles. The Labute approximate surface area is 105 Å². The van der Waals surface area contributed by atoms with Crippen molar-refractivity contribution in [2.75, 3.05) is 0 Å². The zero-order valence-electron chi connectivity index (χ0n) is 9.87. The van der Waals surface area contributed by atoms with Crippen LogP contribution in [0.4, 0.5) is 4.39 Å². The van der Waals surface area contributed by atoms with E-state index in [9.17, 15) is 9.50 Å². The molecule has 0 aliphatic carbocycles. The van der Waals surface area contributed by atoms with E-state index in [1.165, 1.54) is 12.1 Å². The molecule has 4 heteroatoms. The number of benzene rings is 1. The first-order valence-electron chi connectivity index (χ1n) is 5.71. The van der Waals surface area contributed by atoms with Crippen molar-refractivity contribution in [3.05, 3.63) is 34.7 Å². The molecule has 1 atom stereocenters. The van der Waals surface area contributed by atoms with Crippen molar-refractivity contribution in [3.8, 4) is 0 Å². The van der Waals surface area contributed by atoms with Gasteiger partial charge < -0.3 is 9.67 Å². The lowest BCUT2D eigenvalue weighted by atomic mass is 10.1. The van der Waals surface area contributed by atoms with Gasteiger partial charge in [0.15, 0.2) is 0 Å². The average Bonchev–Trinajstić information content (AvgIpc) is 2.52. The molecule has 1 aromatic carbocycles. The third-order valence-corrected chi connectivity index (χ3v) is 3.27. The number of aromatic nitrogens is 1. The van der Waals surface area contributed by atoms with Gasteiger partial charge in [0.1, 0.15) is 11.0 Å². The molecule has 1 heterocycles. The minimum absolute atomic E-state index is 0.315. The Balaban J connectivity index is 2.78. The smallest absolute Gasteiger partial charge is 0.123 e. The second-order valence-electron chi connectivity index (χ2n) is 4.19. The maximum atomic E-state index is 13.3. The maximum absolute atomic E-state index is 13.3. The number of fused-ring (bicyclic) bond motifs is 1. The van der Waals surface area contributed by atoms with Crippen molar-refractivity contribution in [1.29, 1.82) is 0 Å². The van der Waals surface area contributed by atoms with Gasteiger partial charge in [-0.2, -0.15) is 0 Å². The Morgan fingerprint density at radius 1 is 1.47 bits per heavy atom. The average molecular weight is 256 g/mol. The van der Waals surface area contributed by atoms with Gasteiger partial charge in [-0.1, -0.05) is 18.5 Å². The van der Waals surface area contributed by atoms with E-state index in [1.807, 2.05) is 11.5 Å². The highest BCUT2D eigenvalue weighted by Gasteiger charge is 2.18. The van der Waals surface area contributed by atoms with Crippen molar-refractivity contribution in [2.45, 2.75) is 32.9 Å². The third-order valence-electron chi connectivity index (χ3n) is 2.86. The standard InChI is InChI=1S/C13H15ClFNO/c1-3-6-16-11-5-4-9(15)7-10(11)12(8(2)17)13(16)14/h4-5,7-8,17H,3,6H2,1-2H3. The van der Waals surface area contributed by atoms with Crippen LogP contribution in [0.2, 0.25) is 5.15 Å². The lowest BCUT2D eigenvalue weighted by molar-refractivity contribution is 0.200. The van der Waals surface area contributed by atoms with E-state index in [4.69, 9.17) is 11.6 Å². The molecule has 17 heavy (non-hydrogen) atoms. The fraction of sp³-hybridized carbons (Fsp3) is 0.385. The summed E-state index contributed by atoms with van der Waals surface area (Å²) in [6.07, 6.45) is 0.227. The molecule has 0 fully saturated rings. The van der Waals surface area contributed by atoms with Gasteiger partial charge in [0.2, 0.25) is 0 Å². The van der Waals surface area contributed by atoms with Crippen molar-refractivity contribution in [3.63, 3.8) is 0 Å². The minimum Gasteiger partial charge on any atom is -0.389 e. The van der Waals surface area contributed by atoms with E-state index < -0.39 is 6.10 Å². The molecule has 92 valence electrons. The number of aryl methyl sites for hydroxylation is 1. The van der Waals surface area contributed by atoms with E-state index >= 15 is 0 Å². The fourth-order valence-electron chi connectivity index (χ4n) is 2.16. The maximum Gasteiger partial charge on any atom is 0.123 e. The summed E-state index contributed by atoms with van der Waals surface area (Å²) in [4.78, 5) is 0. The molecule has 0 radical (unpaired) electrons. The monoisotopic (exact) mass is 255 g/mol. The van der Waals surface area contributed by atoms with Crippen LogP contribution < -0.4 is 0 Å².